The van der Waals surface area contributed by atoms with Crippen molar-refractivity contribution in [2.75, 3.05) is 0 Å². The number of rotatable bonds is 3. The average Bonchev–Trinajstić information content (AvgIpc) is 2.97. The molecule has 0 spiro atoms. The van der Waals surface area contributed by atoms with Crippen LogP contribution in [-0.2, 0) is 6.18 Å². The molecule has 21 heavy (non-hydrogen) atoms. The second-order valence-electron chi connectivity index (χ2n) is 4.20. The van der Waals surface area contributed by atoms with Crippen LogP contribution in [0.4, 0.5) is 13.2 Å². The number of hydrogen-bond donors (Lipinski definition) is 1. The van der Waals surface area contributed by atoms with Crippen molar-refractivity contribution in [3.63, 3.8) is 0 Å². The van der Waals surface area contributed by atoms with Gasteiger partial charge in [0.05, 0.1) is 11.3 Å². The number of H-pyrrole nitrogens is 1. The second kappa shape index (κ2) is 5.67. The number of alkyl halides is 3. The molecule has 0 radical (unpaired) electrons. The van der Waals surface area contributed by atoms with Crippen molar-refractivity contribution in [2.45, 2.75) is 6.18 Å². The fourth-order valence-electron chi connectivity index (χ4n) is 1.70. The number of nitriles is 1. The van der Waals surface area contributed by atoms with E-state index in [9.17, 15) is 18.0 Å². The van der Waals surface area contributed by atoms with Gasteiger partial charge < -0.3 is 4.98 Å². The molecule has 0 fully saturated rings. The SMILES string of the molecule is N#C/C(=C\c1ccc(C(F)(F)F)cc1)C(=O)c1ccc[nH]1. The van der Waals surface area contributed by atoms with Crippen LogP contribution in [0.25, 0.3) is 6.08 Å². The monoisotopic (exact) mass is 290 g/mol. The summed E-state index contributed by atoms with van der Waals surface area (Å²) in [6.45, 7) is 0. The van der Waals surface area contributed by atoms with Gasteiger partial charge in [-0.25, -0.2) is 0 Å². The van der Waals surface area contributed by atoms with Gasteiger partial charge in [0.2, 0.25) is 5.78 Å². The van der Waals surface area contributed by atoms with Crippen LogP contribution >= 0.6 is 0 Å². The summed E-state index contributed by atoms with van der Waals surface area (Å²) >= 11 is 0. The smallest absolute Gasteiger partial charge is 0.358 e. The van der Waals surface area contributed by atoms with E-state index in [2.05, 4.69) is 4.98 Å². The molecule has 0 saturated carbocycles. The third-order valence-corrected chi connectivity index (χ3v) is 2.76. The zero-order chi connectivity index (χ0) is 15.5. The summed E-state index contributed by atoms with van der Waals surface area (Å²) < 4.78 is 37.3. The Bertz CT molecular complexity index is 705. The molecule has 2 aromatic rings. The Morgan fingerprint density at radius 3 is 2.33 bits per heavy atom. The first-order chi connectivity index (χ1) is 9.91. The number of nitrogens with zero attached hydrogens (tertiary/aromatic N) is 1. The van der Waals surface area contributed by atoms with Gasteiger partial charge in [-0.05, 0) is 35.9 Å². The van der Waals surface area contributed by atoms with Crippen molar-refractivity contribution < 1.29 is 18.0 Å². The molecule has 6 heteroatoms. The van der Waals surface area contributed by atoms with E-state index < -0.39 is 17.5 Å². The van der Waals surface area contributed by atoms with E-state index in [1.165, 1.54) is 24.3 Å². The third-order valence-electron chi connectivity index (χ3n) is 2.76. The minimum absolute atomic E-state index is 0.155. The van der Waals surface area contributed by atoms with Crippen molar-refractivity contribution in [1.29, 1.82) is 5.26 Å². The van der Waals surface area contributed by atoms with E-state index in [4.69, 9.17) is 5.26 Å². The summed E-state index contributed by atoms with van der Waals surface area (Å²) in [6.07, 6.45) is -1.62. The average molecular weight is 290 g/mol. The number of halogens is 3. The van der Waals surface area contributed by atoms with Gasteiger partial charge >= 0.3 is 6.18 Å². The molecule has 0 aliphatic carbocycles. The molecule has 1 aromatic heterocycles. The largest absolute Gasteiger partial charge is 0.416 e. The van der Waals surface area contributed by atoms with Gasteiger partial charge in [0, 0.05) is 6.20 Å². The van der Waals surface area contributed by atoms with Crippen LogP contribution in [0, 0.1) is 11.3 Å². The van der Waals surface area contributed by atoms with Crippen LogP contribution in [-0.4, -0.2) is 10.8 Å². The molecule has 0 atom stereocenters. The lowest BCUT2D eigenvalue weighted by Gasteiger charge is -2.06. The summed E-state index contributed by atoms with van der Waals surface area (Å²) in [5, 5.41) is 9.01. The van der Waals surface area contributed by atoms with Crippen LogP contribution in [0.2, 0.25) is 0 Å². The molecule has 0 aliphatic rings. The van der Waals surface area contributed by atoms with Gasteiger partial charge in [0.1, 0.15) is 11.6 Å². The lowest BCUT2D eigenvalue weighted by atomic mass is 10.0. The molecule has 0 aliphatic heterocycles. The highest BCUT2D eigenvalue weighted by Gasteiger charge is 2.29. The van der Waals surface area contributed by atoms with Gasteiger partial charge in [-0.2, -0.15) is 18.4 Å². The van der Waals surface area contributed by atoms with E-state index in [0.29, 0.717) is 5.56 Å². The number of carbonyl (C=O) groups is 1. The maximum absolute atomic E-state index is 12.4. The van der Waals surface area contributed by atoms with E-state index in [1.807, 2.05) is 0 Å². The molecule has 1 N–H and O–H groups in total. The van der Waals surface area contributed by atoms with E-state index in [-0.39, 0.29) is 11.3 Å². The maximum atomic E-state index is 12.4. The Kier molecular flexibility index (Phi) is 3.94. The molecular formula is C15H9F3N2O. The highest BCUT2D eigenvalue weighted by Crippen LogP contribution is 2.29. The Labute approximate surface area is 118 Å². The minimum Gasteiger partial charge on any atom is -0.358 e. The summed E-state index contributed by atoms with van der Waals surface area (Å²) in [5.74, 6) is -0.512. The number of Topliss-reactive ketones (excluding diaryl/α,β-unsaturated/α-hetero) is 1. The van der Waals surface area contributed by atoms with E-state index in [1.54, 1.807) is 18.3 Å². The van der Waals surface area contributed by atoms with E-state index in [0.717, 1.165) is 12.1 Å². The summed E-state index contributed by atoms with van der Waals surface area (Å²) in [4.78, 5) is 14.6. The number of hydrogen-bond acceptors (Lipinski definition) is 2. The van der Waals surface area contributed by atoms with Gasteiger partial charge in [0.15, 0.2) is 0 Å². The van der Waals surface area contributed by atoms with E-state index >= 15 is 0 Å². The van der Waals surface area contributed by atoms with Crippen molar-refractivity contribution in [2.24, 2.45) is 0 Å². The molecule has 2 rings (SSSR count). The summed E-state index contributed by atoms with van der Waals surface area (Å²) in [7, 11) is 0. The molecule has 106 valence electrons. The fourth-order valence-corrected chi connectivity index (χ4v) is 1.70. The number of allylic oxidation sites excluding steroid dienone is 1. The molecule has 3 nitrogen and oxygen atoms in total. The topological polar surface area (TPSA) is 56.6 Å². The quantitative estimate of drug-likeness (QED) is 0.530. The first kappa shape index (κ1) is 14.6. The first-order valence-corrected chi connectivity index (χ1v) is 5.89. The normalized spacial score (nSPS) is 12.0. The molecule has 0 saturated heterocycles. The molecule has 0 bridgehead atoms. The summed E-state index contributed by atoms with van der Waals surface area (Å²) in [6, 6.07) is 9.10. The number of carbonyl (C=O) groups excluding carboxylic acids is 1. The number of benzene rings is 1. The Hall–Kier alpha value is -2.81. The van der Waals surface area contributed by atoms with Crippen LogP contribution in [0.1, 0.15) is 21.6 Å². The fraction of sp³-hybridized carbons (Fsp3) is 0.0667. The molecular weight excluding hydrogens is 281 g/mol. The maximum Gasteiger partial charge on any atom is 0.416 e. The molecule has 1 heterocycles. The standard InChI is InChI=1S/C15H9F3N2O/c16-15(17,18)12-5-3-10(4-6-12)8-11(9-19)14(21)13-2-1-7-20-13/h1-8,20H/b11-8+. The predicted octanol–water partition coefficient (Wildman–Crippen LogP) is 3.82. The minimum atomic E-state index is -4.42. The highest BCUT2D eigenvalue weighted by molar-refractivity contribution is 6.13. The lowest BCUT2D eigenvalue weighted by molar-refractivity contribution is -0.137. The zero-order valence-corrected chi connectivity index (χ0v) is 10.6. The van der Waals surface area contributed by atoms with Crippen LogP contribution in [0.15, 0.2) is 48.2 Å². The number of aromatic nitrogens is 1. The van der Waals surface area contributed by atoms with Crippen molar-refractivity contribution >= 4 is 11.9 Å². The highest BCUT2D eigenvalue weighted by atomic mass is 19.4. The first-order valence-electron chi connectivity index (χ1n) is 5.89. The Morgan fingerprint density at radius 1 is 1.19 bits per heavy atom. The summed E-state index contributed by atoms with van der Waals surface area (Å²) in [5.41, 5.74) is -0.347. The van der Waals surface area contributed by atoms with Gasteiger partial charge in [-0.3, -0.25) is 4.79 Å². The molecule has 0 amide bonds. The Balaban J connectivity index is 2.29. The zero-order valence-electron chi connectivity index (χ0n) is 10.6. The number of ketones is 1. The third kappa shape index (κ3) is 3.39. The second-order valence-corrected chi connectivity index (χ2v) is 4.20. The lowest BCUT2D eigenvalue weighted by Crippen LogP contribution is -2.04. The number of nitrogens with one attached hydrogen (secondary N) is 1. The van der Waals surface area contributed by atoms with Gasteiger partial charge in [-0.1, -0.05) is 12.1 Å². The van der Waals surface area contributed by atoms with Crippen molar-refractivity contribution in [3.8, 4) is 6.07 Å². The van der Waals surface area contributed by atoms with Crippen LogP contribution < -0.4 is 0 Å². The molecule has 1 aromatic carbocycles. The van der Waals surface area contributed by atoms with Gasteiger partial charge in [0.25, 0.3) is 0 Å². The predicted molar refractivity (Wildman–Crippen MR) is 70.2 cm³/mol. The molecule has 0 unspecified atom stereocenters. The van der Waals surface area contributed by atoms with Crippen LogP contribution in [0.5, 0.6) is 0 Å². The Morgan fingerprint density at radius 2 is 1.86 bits per heavy atom. The number of aromatic amines is 1. The van der Waals surface area contributed by atoms with Gasteiger partial charge in [-0.15, -0.1) is 0 Å². The van der Waals surface area contributed by atoms with Crippen molar-refractivity contribution in [1.82, 2.24) is 4.98 Å². The van der Waals surface area contributed by atoms with Crippen molar-refractivity contribution in [3.05, 3.63) is 65.0 Å². The van der Waals surface area contributed by atoms with Crippen LogP contribution in [0.3, 0.4) is 0 Å².